The Morgan fingerprint density at radius 3 is 2.76 bits per heavy atom. The third-order valence-electron chi connectivity index (χ3n) is 3.89. The molecule has 1 fully saturated rings. The first kappa shape index (κ1) is 16.9. The van der Waals surface area contributed by atoms with E-state index in [0.29, 0.717) is 24.0 Å². The number of hydrogen-bond acceptors (Lipinski definition) is 5. The molecule has 0 saturated heterocycles. The van der Waals surface area contributed by atoms with Gasteiger partial charge in [-0.05, 0) is 42.7 Å². The largest absolute Gasteiger partial charge is 0.380 e. The minimum atomic E-state index is -0.472. The van der Waals surface area contributed by atoms with Crippen LogP contribution < -0.4 is 10.6 Å². The highest BCUT2D eigenvalue weighted by atomic mass is 16.6. The molecule has 130 valence electrons. The molecule has 0 atom stereocenters. The van der Waals surface area contributed by atoms with E-state index in [1.165, 1.54) is 6.07 Å². The van der Waals surface area contributed by atoms with Gasteiger partial charge in [0.2, 0.25) is 0 Å². The zero-order valence-electron chi connectivity index (χ0n) is 13.8. The molecule has 0 aliphatic heterocycles. The van der Waals surface area contributed by atoms with Crippen LogP contribution in [-0.4, -0.2) is 24.0 Å². The first-order valence-corrected chi connectivity index (χ1v) is 8.01. The van der Waals surface area contributed by atoms with Gasteiger partial charge in [-0.2, -0.15) is 0 Å². The standard InChI is InChI=1S/C18H19N3O4/c1-25-11-12-3-2-4-15(9-12)20-18(22)13-5-8-16(19-14-6-7-14)17(10-13)21(23)24/h2-5,8-10,14,19H,6-7,11H2,1H3,(H,20,22). The fraction of sp³-hybridized carbons (Fsp3) is 0.278. The number of carbonyl (C=O) groups is 1. The number of nitro benzene ring substituents is 1. The zero-order valence-corrected chi connectivity index (χ0v) is 13.8. The average Bonchev–Trinajstić information content (AvgIpc) is 3.39. The van der Waals surface area contributed by atoms with Gasteiger partial charge in [0.05, 0.1) is 11.5 Å². The summed E-state index contributed by atoms with van der Waals surface area (Å²) in [6.07, 6.45) is 2.02. The highest BCUT2D eigenvalue weighted by molar-refractivity contribution is 6.05. The monoisotopic (exact) mass is 341 g/mol. The minimum absolute atomic E-state index is 0.0901. The quantitative estimate of drug-likeness (QED) is 0.593. The molecule has 25 heavy (non-hydrogen) atoms. The third kappa shape index (κ3) is 4.33. The van der Waals surface area contributed by atoms with Crippen LogP contribution in [0.4, 0.5) is 17.1 Å². The normalized spacial score (nSPS) is 13.3. The van der Waals surface area contributed by atoms with Crippen LogP contribution in [0.15, 0.2) is 42.5 Å². The number of nitrogens with zero attached hydrogens (tertiary/aromatic N) is 1. The molecule has 0 radical (unpaired) electrons. The van der Waals surface area contributed by atoms with Gasteiger partial charge in [-0.3, -0.25) is 14.9 Å². The fourth-order valence-electron chi connectivity index (χ4n) is 2.50. The number of ether oxygens (including phenoxy) is 1. The summed E-state index contributed by atoms with van der Waals surface area (Å²) < 4.78 is 5.07. The molecule has 0 spiro atoms. The van der Waals surface area contributed by atoms with Crippen molar-refractivity contribution in [2.75, 3.05) is 17.7 Å². The molecular weight excluding hydrogens is 322 g/mol. The number of amides is 1. The van der Waals surface area contributed by atoms with E-state index in [-0.39, 0.29) is 11.3 Å². The van der Waals surface area contributed by atoms with E-state index in [1.54, 1.807) is 31.4 Å². The lowest BCUT2D eigenvalue weighted by atomic mass is 10.1. The molecule has 2 aromatic rings. The number of benzene rings is 2. The molecule has 1 amide bonds. The van der Waals surface area contributed by atoms with Gasteiger partial charge in [-0.25, -0.2) is 0 Å². The predicted molar refractivity (Wildman–Crippen MR) is 94.8 cm³/mol. The number of hydrogen-bond donors (Lipinski definition) is 2. The van der Waals surface area contributed by atoms with Crippen molar-refractivity contribution in [3.05, 3.63) is 63.7 Å². The number of methoxy groups -OCH3 is 1. The van der Waals surface area contributed by atoms with Crippen molar-refractivity contribution in [2.24, 2.45) is 0 Å². The molecule has 7 nitrogen and oxygen atoms in total. The molecule has 2 aromatic carbocycles. The Morgan fingerprint density at radius 2 is 2.08 bits per heavy atom. The van der Waals surface area contributed by atoms with Crippen molar-refractivity contribution in [1.82, 2.24) is 0 Å². The Labute approximate surface area is 145 Å². The lowest BCUT2D eigenvalue weighted by molar-refractivity contribution is -0.384. The van der Waals surface area contributed by atoms with Gasteiger partial charge in [0.1, 0.15) is 5.69 Å². The molecule has 0 heterocycles. The summed E-state index contributed by atoms with van der Waals surface area (Å²) >= 11 is 0. The van der Waals surface area contributed by atoms with E-state index in [0.717, 1.165) is 18.4 Å². The minimum Gasteiger partial charge on any atom is -0.380 e. The summed E-state index contributed by atoms with van der Waals surface area (Å²) in [6, 6.07) is 12.0. The maximum absolute atomic E-state index is 12.4. The second-order valence-electron chi connectivity index (χ2n) is 6.00. The van der Waals surface area contributed by atoms with E-state index in [2.05, 4.69) is 10.6 Å². The Morgan fingerprint density at radius 1 is 1.28 bits per heavy atom. The van der Waals surface area contributed by atoms with Crippen molar-refractivity contribution < 1.29 is 14.5 Å². The smallest absolute Gasteiger partial charge is 0.293 e. The molecule has 7 heteroatoms. The zero-order chi connectivity index (χ0) is 17.8. The number of nitrogens with one attached hydrogen (secondary N) is 2. The van der Waals surface area contributed by atoms with Gasteiger partial charge >= 0.3 is 0 Å². The first-order valence-electron chi connectivity index (χ1n) is 8.01. The predicted octanol–water partition coefficient (Wildman–Crippen LogP) is 3.57. The molecule has 0 aromatic heterocycles. The fourth-order valence-corrected chi connectivity index (χ4v) is 2.50. The SMILES string of the molecule is COCc1cccc(NC(=O)c2ccc(NC3CC3)c([N+](=O)[O-])c2)c1. The maximum Gasteiger partial charge on any atom is 0.293 e. The second kappa shape index (κ2) is 7.31. The van der Waals surface area contributed by atoms with Gasteiger partial charge in [-0.1, -0.05) is 12.1 Å². The third-order valence-corrected chi connectivity index (χ3v) is 3.89. The van der Waals surface area contributed by atoms with Gasteiger partial charge < -0.3 is 15.4 Å². The number of nitro groups is 1. The molecule has 0 bridgehead atoms. The van der Waals surface area contributed by atoms with E-state index in [1.807, 2.05) is 12.1 Å². The van der Waals surface area contributed by atoms with Crippen LogP contribution in [0.5, 0.6) is 0 Å². The summed E-state index contributed by atoms with van der Waals surface area (Å²) in [5.41, 5.74) is 2.14. The van der Waals surface area contributed by atoms with Crippen molar-refractivity contribution in [3.63, 3.8) is 0 Å². The average molecular weight is 341 g/mol. The van der Waals surface area contributed by atoms with Crippen LogP contribution >= 0.6 is 0 Å². The lowest BCUT2D eigenvalue weighted by Crippen LogP contribution is -2.13. The van der Waals surface area contributed by atoms with Crippen LogP contribution in [0.3, 0.4) is 0 Å². The summed E-state index contributed by atoms with van der Waals surface area (Å²) in [5, 5.41) is 17.2. The number of rotatable bonds is 7. The Bertz CT molecular complexity index is 803. The van der Waals surface area contributed by atoms with Crippen molar-refractivity contribution in [1.29, 1.82) is 0 Å². The van der Waals surface area contributed by atoms with Gasteiger partial charge in [0, 0.05) is 30.5 Å². The molecular formula is C18H19N3O4. The van der Waals surface area contributed by atoms with Crippen LogP contribution in [0.1, 0.15) is 28.8 Å². The highest BCUT2D eigenvalue weighted by Gasteiger charge is 2.25. The molecule has 1 saturated carbocycles. The Hall–Kier alpha value is -2.93. The van der Waals surface area contributed by atoms with E-state index >= 15 is 0 Å². The number of anilines is 2. The van der Waals surface area contributed by atoms with Crippen molar-refractivity contribution in [2.45, 2.75) is 25.5 Å². The molecule has 0 unspecified atom stereocenters. The van der Waals surface area contributed by atoms with Gasteiger partial charge in [-0.15, -0.1) is 0 Å². The maximum atomic E-state index is 12.4. The Balaban J connectivity index is 1.78. The van der Waals surface area contributed by atoms with Crippen LogP contribution in [0, 0.1) is 10.1 Å². The molecule has 1 aliphatic carbocycles. The lowest BCUT2D eigenvalue weighted by Gasteiger charge is -2.09. The summed E-state index contributed by atoms with van der Waals surface area (Å²) in [7, 11) is 1.60. The van der Waals surface area contributed by atoms with Crippen LogP contribution in [0.25, 0.3) is 0 Å². The van der Waals surface area contributed by atoms with Crippen LogP contribution in [0.2, 0.25) is 0 Å². The van der Waals surface area contributed by atoms with Crippen molar-refractivity contribution in [3.8, 4) is 0 Å². The second-order valence-corrected chi connectivity index (χ2v) is 6.00. The summed E-state index contributed by atoms with van der Waals surface area (Å²) in [6.45, 7) is 0.441. The molecule has 1 aliphatic rings. The van der Waals surface area contributed by atoms with E-state index in [9.17, 15) is 14.9 Å². The molecule has 2 N–H and O–H groups in total. The van der Waals surface area contributed by atoms with E-state index < -0.39 is 10.8 Å². The number of carbonyl (C=O) groups excluding carboxylic acids is 1. The van der Waals surface area contributed by atoms with E-state index in [4.69, 9.17) is 4.74 Å². The summed E-state index contributed by atoms with van der Waals surface area (Å²) in [4.78, 5) is 23.2. The first-order chi connectivity index (χ1) is 12.1. The van der Waals surface area contributed by atoms with Gasteiger partial charge in [0.25, 0.3) is 11.6 Å². The van der Waals surface area contributed by atoms with Crippen LogP contribution in [-0.2, 0) is 11.3 Å². The molecule has 3 rings (SSSR count). The Kier molecular flexibility index (Phi) is 4.95. The topological polar surface area (TPSA) is 93.5 Å². The van der Waals surface area contributed by atoms with Crippen molar-refractivity contribution >= 4 is 23.0 Å². The van der Waals surface area contributed by atoms with Gasteiger partial charge in [0.15, 0.2) is 0 Å². The summed E-state index contributed by atoms with van der Waals surface area (Å²) in [5.74, 6) is -0.393. The highest BCUT2D eigenvalue weighted by Crippen LogP contribution is 2.31.